The molecule has 0 aliphatic carbocycles. The van der Waals surface area contributed by atoms with Crippen LogP contribution in [0.2, 0.25) is 0 Å². The summed E-state index contributed by atoms with van der Waals surface area (Å²) >= 11 is 0. The Balaban J connectivity index is 3.52. The molecule has 0 rings (SSSR count). The van der Waals surface area contributed by atoms with Crippen molar-refractivity contribution in [2.75, 3.05) is 13.2 Å². The highest BCUT2D eigenvalue weighted by molar-refractivity contribution is 5.76. The van der Waals surface area contributed by atoms with Crippen LogP contribution in [-0.4, -0.2) is 47.4 Å². The van der Waals surface area contributed by atoms with Gasteiger partial charge in [-0.3, -0.25) is 9.59 Å². The zero-order valence-corrected chi connectivity index (χ0v) is 38.3. The standard InChI is InChI=1S/C51H99NO5/c1-3-5-7-9-11-13-15-16-17-18-19-20-21-24-27-31-35-39-43-49(54)48(47-53)52-50(55)44-40-36-32-28-25-22-26-30-34-38-42-46-57-51(56)45-41-37-33-29-23-14-12-10-8-6-4-2/h39,43,48-49,53-54H,3-38,40-42,44-47H2,1-2H3,(H,52,55)/b43-39+. The number of hydrogen-bond donors (Lipinski definition) is 3. The van der Waals surface area contributed by atoms with E-state index in [4.69, 9.17) is 4.74 Å². The van der Waals surface area contributed by atoms with Crippen LogP contribution in [0, 0.1) is 0 Å². The summed E-state index contributed by atoms with van der Waals surface area (Å²) in [6.07, 6.45) is 53.5. The molecule has 6 heteroatoms. The number of rotatable bonds is 47. The van der Waals surface area contributed by atoms with Crippen LogP contribution >= 0.6 is 0 Å². The summed E-state index contributed by atoms with van der Waals surface area (Å²) in [5.41, 5.74) is 0. The number of esters is 1. The van der Waals surface area contributed by atoms with E-state index in [1.54, 1.807) is 6.08 Å². The summed E-state index contributed by atoms with van der Waals surface area (Å²) in [5, 5.41) is 23.1. The summed E-state index contributed by atoms with van der Waals surface area (Å²) in [7, 11) is 0. The van der Waals surface area contributed by atoms with E-state index < -0.39 is 12.1 Å². The minimum Gasteiger partial charge on any atom is -0.466 e. The lowest BCUT2D eigenvalue weighted by Gasteiger charge is -2.20. The zero-order chi connectivity index (χ0) is 41.5. The number of carbonyl (C=O) groups excluding carboxylic acids is 2. The summed E-state index contributed by atoms with van der Waals surface area (Å²) in [4.78, 5) is 24.4. The van der Waals surface area contributed by atoms with Crippen molar-refractivity contribution in [3.8, 4) is 0 Å². The van der Waals surface area contributed by atoms with Crippen molar-refractivity contribution in [3.05, 3.63) is 12.2 Å². The summed E-state index contributed by atoms with van der Waals surface area (Å²) < 4.78 is 5.44. The molecule has 0 saturated carbocycles. The first kappa shape index (κ1) is 55.6. The Kier molecular flexibility index (Phi) is 46.1. The van der Waals surface area contributed by atoms with Gasteiger partial charge in [0.2, 0.25) is 5.91 Å². The molecule has 2 unspecified atom stereocenters. The van der Waals surface area contributed by atoms with E-state index in [0.29, 0.717) is 19.4 Å². The Morgan fingerprint density at radius 2 is 0.807 bits per heavy atom. The highest BCUT2D eigenvalue weighted by atomic mass is 16.5. The number of aliphatic hydroxyl groups is 2. The van der Waals surface area contributed by atoms with Gasteiger partial charge in [-0.25, -0.2) is 0 Å². The van der Waals surface area contributed by atoms with Gasteiger partial charge in [0, 0.05) is 12.8 Å². The molecule has 0 fully saturated rings. The van der Waals surface area contributed by atoms with E-state index in [9.17, 15) is 19.8 Å². The highest BCUT2D eigenvalue weighted by Gasteiger charge is 2.18. The van der Waals surface area contributed by atoms with Crippen molar-refractivity contribution < 1.29 is 24.5 Å². The maximum atomic E-state index is 12.4. The van der Waals surface area contributed by atoms with Gasteiger partial charge in [0.25, 0.3) is 0 Å². The summed E-state index contributed by atoms with van der Waals surface area (Å²) in [5.74, 6) is -0.100. The average Bonchev–Trinajstić information content (AvgIpc) is 3.21. The third kappa shape index (κ3) is 44.0. The first-order valence-corrected chi connectivity index (χ1v) is 25.5. The van der Waals surface area contributed by atoms with E-state index >= 15 is 0 Å². The first-order chi connectivity index (χ1) is 28.0. The minimum absolute atomic E-state index is 0.0155. The third-order valence-electron chi connectivity index (χ3n) is 11.8. The topological polar surface area (TPSA) is 95.9 Å². The van der Waals surface area contributed by atoms with Crippen LogP contribution in [0.4, 0.5) is 0 Å². The van der Waals surface area contributed by atoms with Gasteiger partial charge in [-0.05, 0) is 32.1 Å². The van der Waals surface area contributed by atoms with Crippen LogP contribution in [0.3, 0.4) is 0 Å². The Labute approximate surface area is 355 Å². The maximum absolute atomic E-state index is 12.4. The van der Waals surface area contributed by atoms with Gasteiger partial charge in [0.1, 0.15) is 0 Å². The quantitative estimate of drug-likeness (QED) is 0.0323. The molecule has 0 aromatic heterocycles. The van der Waals surface area contributed by atoms with Crippen LogP contribution < -0.4 is 5.32 Å². The Morgan fingerprint density at radius 3 is 1.19 bits per heavy atom. The fourth-order valence-corrected chi connectivity index (χ4v) is 7.87. The normalized spacial score (nSPS) is 12.7. The molecule has 3 N–H and O–H groups in total. The zero-order valence-electron chi connectivity index (χ0n) is 38.3. The predicted molar refractivity (Wildman–Crippen MR) is 246 cm³/mol. The molecule has 0 radical (unpaired) electrons. The van der Waals surface area contributed by atoms with Gasteiger partial charge in [0.15, 0.2) is 0 Å². The lowest BCUT2D eigenvalue weighted by molar-refractivity contribution is -0.143. The molecule has 6 nitrogen and oxygen atoms in total. The van der Waals surface area contributed by atoms with Crippen LogP contribution in [0.15, 0.2) is 12.2 Å². The third-order valence-corrected chi connectivity index (χ3v) is 11.8. The average molecular weight is 806 g/mol. The van der Waals surface area contributed by atoms with E-state index in [-0.39, 0.29) is 18.5 Å². The van der Waals surface area contributed by atoms with Gasteiger partial charge >= 0.3 is 5.97 Å². The number of amides is 1. The van der Waals surface area contributed by atoms with E-state index in [0.717, 1.165) is 57.8 Å². The van der Waals surface area contributed by atoms with Crippen molar-refractivity contribution in [1.82, 2.24) is 5.32 Å². The monoisotopic (exact) mass is 806 g/mol. The summed E-state index contributed by atoms with van der Waals surface area (Å²) in [6, 6.07) is -0.640. The van der Waals surface area contributed by atoms with Crippen molar-refractivity contribution in [2.24, 2.45) is 0 Å². The Hall–Kier alpha value is -1.40. The van der Waals surface area contributed by atoms with E-state index in [2.05, 4.69) is 19.2 Å². The second-order valence-corrected chi connectivity index (χ2v) is 17.5. The molecule has 0 aliphatic heterocycles. The van der Waals surface area contributed by atoms with Crippen molar-refractivity contribution in [3.63, 3.8) is 0 Å². The Morgan fingerprint density at radius 1 is 0.474 bits per heavy atom. The first-order valence-electron chi connectivity index (χ1n) is 25.5. The molecule has 1 amide bonds. The predicted octanol–water partition coefficient (Wildman–Crippen LogP) is 15.0. The molecule has 0 aromatic carbocycles. The number of hydrogen-bond acceptors (Lipinski definition) is 5. The fourth-order valence-electron chi connectivity index (χ4n) is 7.87. The SMILES string of the molecule is CCCCCCCCCCCCCCCCCC/C=C/C(O)C(CO)NC(=O)CCCCCCCCCCCCCOC(=O)CCCCCCCCCCCCC. The van der Waals surface area contributed by atoms with Crippen LogP contribution in [0.5, 0.6) is 0 Å². The molecule has 0 aliphatic rings. The lowest BCUT2D eigenvalue weighted by Crippen LogP contribution is -2.45. The maximum Gasteiger partial charge on any atom is 0.305 e. The van der Waals surface area contributed by atoms with Gasteiger partial charge in [-0.1, -0.05) is 244 Å². The fraction of sp³-hybridized carbons (Fsp3) is 0.922. The smallest absolute Gasteiger partial charge is 0.305 e. The van der Waals surface area contributed by atoms with E-state index in [1.807, 2.05) is 6.08 Å². The second kappa shape index (κ2) is 47.3. The molecule has 338 valence electrons. The highest BCUT2D eigenvalue weighted by Crippen LogP contribution is 2.16. The van der Waals surface area contributed by atoms with Crippen LogP contribution in [0.1, 0.15) is 277 Å². The molecular weight excluding hydrogens is 707 g/mol. The van der Waals surface area contributed by atoms with Crippen LogP contribution in [0.25, 0.3) is 0 Å². The van der Waals surface area contributed by atoms with Gasteiger partial charge in [0.05, 0.1) is 25.4 Å². The second-order valence-electron chi connectivity index (χ2n) is 17.5. The molecule has 0 heterocycles. The van der Waals surface area contributed by atoms with Crippen molar-refractivity contribution in [1.29, 1.82) is 0 Å². The van der Waals surface area contributed by atoms with Gasteiger partial charge in [-0.2, -0.15) is 0 Å². The number of allylic oxidation sites excluding steroid dienone is 1. The molecule has 2 atom stereocenters. The molecule has 57 heavy (non-hydrogen) atoms. The van der Waals surface area contributed by atoms with Gasteiger partial charge in [-0.15, -0.1) is 0 Å². The summed E-state index contributed by atoms with van der Waals surface area (Å²) in [6.45, 7) is 4.86. The molecule has 0 bridgehead atoms. The van der Waals surface area contributed by atoms with Gasteiger partial charge < -0.3 is 20.3 Å². The van der Waals surface area contributed by atoms with Crippen LogP contribution in [-0.2, 0) is 14.3 Å². The van der Waals surface area contributed by atoms with Crippen molar-refractivity contribution in [2.45, 2.75) is 289 Å². The van der Waals surface area contributed by atoms with Crippen molar-refractivity contribution >= 4 is 11.9 Å². The molecule has 0 aromatic rings. The number of ether oxygens (including phenoxy) is 1. The van der Waals surface area contributed by atoms with E-state index in [1.165, 1.54) is 193 Å². The molecular formula is C51H99NO5. The molecule has 0 saturated heterocycles. The lowest BCUT2D eigenvalue weighted by atomic mass is 10.0. The Bertz CT molecular complexity index is 847. The number of unbranched alkanes of at least 4 members (excludes halogenated alkanes) is 36. The minimum atomic E-state index is -0.855. The molecule has 0 spiro atoms. The number of aliphatic hydroxyl groups excluding tert-OH is 2. The number of nitrogens with one attached hydrogen (secondary N) is 1. The number of carbonyl (C=O) groups is 2. The largest absolute Gasteiger partial charge is 0.466 e.